The molecule has 0 aliphatic heterocycles. The van der Waals surface area contributed by atoms with Crippen molar-refractivity contribution in [3.05, 3.63) is 0 Å². The van der Waals surface area contributed by atoms with E-state index in [1.54, 1.807) is 0 Å². The Labute approximate surface area is 149 Å². The number of carbonyl (C=O) groups is 4. The monoisotopic (exact) mass is 380 g/mol. The van der Waals surface area contributed by atoms with Gasteiger partial charge < -0.3 is 37.0 Å². The zero-order valence-corrected chi connectivity index (χ0v) is 14.7. The zero-order valence-electron chi connectivity index (χ0n) is 13.8. The van der Waals surface area contributed by atoms with Crippen molar-refractivity contribution >= 4 is 36.3 Å². The predicted molar refractivity (Wildman–Crippen MR) is 89.7 cm³/mol. The standard InChI is InChI=1S/C13H24N4O7S/c1-5(10(20)16-8(3-18)13(23)24)15-12(22)9(6(2)19)17-11(21)7(14)4-25/h5-9,18-19,25H,3-4,14H2,1-2H3,(H,15,22)(H,16,20)(H,17,21)(H,23,24). The summed E-state index contributed by atoms with van der Waals surface area (Å²) in [5.41, 5.74) is 5.47. The number of aliphatic hydroxyl groups is 2. The third kappa shape index (κ3) is 7.69. The molecule has 3 amide bonds. The van der Waals surface area contributed by atoms with Crippen LogP contribution in [0.25, 0.3) is 0 Å². The van der Waals surface area contributed by atoms with Crippen LogP contribution in [0.4, 0.5) is 0 Å². The van der Waals surface area contributed by atoms with Crippen LogP contribution < -0.4 is 21.7 Å². The molecule has 5 unspecified atom stereocenters. The Kier molecular flexibility index (Phi) is 10.0. The smallest absolute Gasteiger partial charge is 0.328 e. The average molecular weight is 380 g/mol. The molecule has 0 saturated heterocycles. The number of nitrogens with one attached hydrogen (secondary N) is 3. The number of thiol groups is 1. The minimum atomic E-state index is -1.52. The van der Waals surface area contributed by atoms with Crippen molar-refractivity contribution in [3.8, 4) is 0 Å². The molecule has 0 aromatic carbocycles. The van der Waals surface area contributed by atoms with Crippen LogP contribution in [0.5, 0.6) is 0 Å². The van der Waals surface area contributed by atoms with Gasteiger partial charge in [-0.15, -0.1) is 0 Å². The van der Waals surface area contributed by atoms with Crippen LogP contribution in [0, 0.1) is 0 Å². The van der Waals surface area contributed by atoms with Gasteiger partial charge in [-0.3, -0.25) is 14.4 Å². The van der Waals surface area contributed by atoms with Gasteiger partial charge in [0, 0.05) is 5.75 Å². The molecular weight excluding hydrogens is 356 g/mol. The van der Waals surface area contributed by atoms with Gasteiger partial charge in [0.25, 0.3) is 0 Å². The largest absolute Gasteiger partial charge is 0.480 e. The van der Waals surface area contributed by atoms with E-state index in [1.807, 2.05) is 5.32 Å². The first-order valence-electron chi connectivity index (χ1n) is 7.34. The molecule has 0 radical (unpaired) electrons. The van der Waals surface area contributed by atoms with E-state index in [-0.39, 0.29) is 5.75 Å². The summed E-state index contributed by atoms with van der Waals surface area (Å²) in [5.74, 6) is -3.86. The van der Waals surface area contributed by atoms with E-state index >= 15 is 0 Å². The van der Waals surface area contributed by atoms with Crippen LogP contribution in [0.3, 0.4) is 0 Å². The Balaban J connectivity index is 4.86. The van der Waals surface area contributed by atoms with Gasteiger partial charge in [-0.1, -0.05) is 0 Å². The first-order valence-corrected chi connectivity index (χ1v) is 7.97. The van der Waals surface area contributed by atoms with Crippen molar-refractivity contribution in [1.29, 1.82) is 0 Å². The van der Waals surface area contributed by atoms with E-state index in [4.69, 9.17) is 15.9 Å². The highest BCUT2D eigenvalue weighted by atomic mass is 32.1. The van der Waals surface area contributed by atoms with E-state index in [1.165, 1.54) is 13.8 Å². The van der Waals surface area contributed by atoms with Gasteiger partial charge in [0.05, 0.1) is 18.8 Å². The number of rotatable bonds is 10. The van der Waals surface area contributed by atoms with Crippen LogP contribution in [0.2, 0.25) is 0 Å². The van der Waals surface area contributed by atoms with Gasteiger partial charge in [-0.05, 0) is 13.8 Å². The second-order valence-electron chi connectivity index (χ2n) is 5.33. The van der Waals surface area contributed by atoms with Gasteiger partial charge in [0.15, 0.2) is 0 Å². The molecule has 0 fully saturated rings. The lowest BCUT2D eigenvalue weighted by Gasteiger charge is -2.24. The summed E-state index contributed by atoms with van der Waals surface area (Å²) in [6.45, 7) is 1.70. The van der Waals surface area contributed by atoms with Crippen molar-refractivity contribution < 1.29 is 34.5 Å². The predicted octanol–water partition coefficient (Wildman–Crippen LogP) is -3.82. The lowest BCUT2D eigenvalue weighted by molar-refractivity contribution is -0.143. The Morgan fingerprint density at radius 1 is 1.04 bits per heavy atom. The van der Waals surface area contributed by atoms with Crippen LogP contribution >= 0.6 is 12.6 Å². The molecule has 0 spiro atoms. The number of amides is 3. The quantitative estimate of drug-likeness (QED) is 0.177. The molecule has 12 heteroatoms. The maximum absolute atomic E-state index is 12.1. The highest BCUT2D eigenvalue weighted by molar-refractivity contribution is 7.80. The first-order chi connectivity index (χ1) is 11.5. The molecule has 0 aliphatic carbocycles. The number of carboxylic acids is 1. The van der Waals surface area contributed by atoms with Crippen molar-refractivity contribution in [2.75, 3.05) is 12.4 Å². The van der Waals surface area contributed by atoms with Gasteiger partial charge in [0.1, 0.15) is 18.1 Å². The van der Waals surface area contributed by atoms with Crippen molar-refractivity contribution in [2.24, 2.45) is 5.73 Å². The molecule has 0 saturated carbocycles. The summed E-state index contributed by atoms with van der Waals surface area (Å²) >= 11 is 3.85. The summed E-state index contributed by atoms with van der Waals surface area (Å²) < 4.78 is 0. The fraction of sp³-hybridized carbons (Fsp3) is 0.692. The molecule has 5 atom stereocenters. The average Bonchev–Trinajstić information content (AvgIpc) is 2.54. The van der Waals surface area contributed by atoms with Crippen LogP contribution in [0.15, 0.2) is 0 Å². The maximum Gasteiger partial charge on any atom is 0.328 e. The summed E-state index contributed by atoms with van der Waals surface area (Å²) in [6, 6.07) is -5.06. The van der Waals surface area contributed by atoms with E-state index in [0.717, 1.165) is 0 Å². The normalized spacial score (nSPS) is 16.7. The van der Waals surface area contributed by atoms with E-state index in [2.05, 4.69) is 23.3 Å². The Hall–Kier alpha value is -1.89. The number of hydrogen-bond acceptors (Lipinski definition) is 8. The molecule has 0 aromatic heterocycles. The van der Waals surface area contributed by atoms with Crippen LogP contribution in [0.1, 0.15) is 13.8 Å². The number of aliphatic hydroxyl groups excluding tert-OH is 2. The molecule has 0 heterocycles. The second kappa shape index (κ2) is 10.9. The summed E-state index contributed by atoms with van der Waals surface area (Å²) in [5, 5.41) is 33.8. The molecule has 0 bridgehead atoms. The minimum absolute atomic E-state index is 0.0243. The topological polar surface area (TPSA) is 191 Å². The number of carbonyl (C=O) groups excluding carboxylic acids is 3. The molecule has 8 N–H and O–H groups in total. The number of aliphatic carboxylic acids is 1. The maximum atomic E-state index is 12.1. The molecule has 0 rings (SSSR count). The molecule has 11 nitrogen and oxygen atoms in total. The Morgan fingerprint density at radius 2 is 1.60 bits per heavy atom. The lowest BCUT2D eigenvalue weighted by Crippen LogP contribution is -2.59. The molecule has 0 aliphatic rings. The zero-order chi connectivity index (χ0) is 19.7. The van der Waals surface area contributed by atoms with Gasteiger partial charge in [-0.2, -0.15) is 12.6 Å². The Bertz CT molecular complexity index is 503. The fourth-order valence-corrected chi connectivity index (χ4v) is 1.77. The van der Waals surface area contributed by atoms with Gasteiger partial charge in [0.2, 0.25) is 17.7 Å². The summed E-state index contributed by atoms with van der Waals surface area (Å²) in [6.07, 6.45) is -1.28. The minimum Gasteiger partial charge on any atom is -0.480 e. The number of nitrogens with two attached hydrogens (primary N) is 1. The SMILES string of the molecule is CC(NC(=O)C(NC(=O)C(N)CS)C(C)O)C(=O)NC(CO)C(=O)O. The first kappa shape index (κ1) is 23.1. The Morgan fingerprint density at radius 3 is 2.00 bits per heavy atom. The van der Waals surface area contributed by atoms with Crippen molar-refractivity contribution in [3.63, 3.8) is 0 Å². The van der Waals surface area contributed by atoms with E-state index in [0.29, 0.717) is 0 Å². The highest BCUT2D eigenvalue weighted by Gasteiger charge is 2.30. The van der Waals surface area contributed by atoms with Crippen molar-refractivity contribution in [2.45, 2.75) is 44.1 Å². The molecule has 144 valence electrons. The summed E-state index contributed by atoms with van der Waals surface area (Å²) in [4.78, 5) is 46.5. The molecule has 0 aromatic rings. The van der Waals surface area contributed by atoms with Gasteiger partial charge >= 0.3 is 5.97 Å². The molecular formula is C13H24N4O7S. The van der Waals surface area contributed by atoms with Crippen molar-refractivity contribution in [1.82, 2.24) is 16.0 Å². The molecule has 25 heavy (non-hydrogen) atoms. The number of carboxylic acid groups (broad SMARTS) is 1. The third-order valence-corrected chi connectivity index (χ3v) is 3.54. The van der Waals surface area contributed by atoms with E-state index in [9.17, 15) is 24.3 Å². The summed E-state index contributed by atoms with van der Waals surface area (Å²) in [7, 11) is 0. The highest BCUT2D eigenvalue weighted by Crippen LogP contribution is 1.97. The number of hydrogen-bond donors (Lipinski definition) is 8. The fourth-order valence-electron chi connectivity index (χ4n) is 1.60. The second-order valence-corrected chi connectivity index (χ2v) is 5.69. The van der Waals surface area contributed by atoms with Gasteiger partial charge in [-0.25, -0.2) is 4.79 Å². The third-order valence-electron chi connectivity index (χ3n) is 3.15. The van der Waals surface area contributed by atoms with E-state index < -0.39 is 60.6 Å². The van der Waals surface area contributed by atoms with Crippen LogP contribution in [-0.2, 0) is 19.2 Å². The lowest BCUT2D eigenvalue weighted by atomic mass is 10.1. The van der Waals surface area contributed by atoms with Crippen LogP contribution in [-0.4, -0.2) is 81.6 Å².